The minimum Gasteiger partial charge on any atom is -0.460 e. The summed E-state index contributed by atoms with van der Waals surface area (Å²) in [6, 6.07) is -2.00. The Morgan fingerprint density at radius 2 is 1.88 bits per heavy atom. The Morgan fingerprint density at radius 3 is 2.32 bits per heavy atom. The van der Waals surface area contributed by atoms with E-state index in [0.29, 0.717) is 12.0 Å². The van der Waals surface area contributed by atoms with E-state index in [1.54, 1.807) is 13.8 Å². The van der Waals surface area contributed by atoms with Crippen molar-refractivity contribution < 1.29 is 24.2 Å². The van der Waals surface area contributed by atoms with E-state index in [-0.39, 0.29) is 18.2 Å². The molecular formula is C17H29N3O5. The zero-order valence-corrected chi connectivity index (χ0v) is 15.3. The Kier molecular flexibility index (Phi) is 10.4. The van der Waals surface area contributed by atoms with Gasteiger partial charge in [-0.15, -0.1) is 0 Å². The molecule has 0 unspecified atom stereocenters. The second-order valence-electron chi connectivity index (χ2n) is 6.23. The molecule has 0 saturated heterocycles. The van der Waals surface area contributed by atoms with Gasteiger partial charge in [-0.1, -0.05) is 26.5 Å². The number of amides is 2. The zero-order valence-electron chi connectivity index (χ0n) is 15.3. The van der Waals surface area contributed by atoms with Gasteiger partial charge in [-0.2, -0.15) is 0 Å². The van der Waals surface area contributed by atoms with Gasteiger partial charge in [0.15, 0.2) is 6.04 Å². The van der Waals surface area contributed by atoms with Gasteiger partial charge in [-0.05, 0) is 31.8 Å². The molecule has 0 aromatic heterocycles. The molecule has 2 atom stereocenters. The summed E-state index contributed by atoms with van der Waals surface area (Å²) in [4.78, 5) is 36.2. The van der Waals surface area contributed by atoms with E-state index in [1.165, 1.54) is 6.08 Å². The van der Waals surface area contributed by atoms with Crippen LogP contribution in [0.4, 0.5) is 0 Å². The Morgan fingerprint density at radius 1 is 1.28 bits per heavy atom. The maximum atomic E-state index is 12.3. The molecule has 8 heteroatoms. The number of carbonyl (C=O) groups excluding carboxylic acids is 3. The number of nitrogens with one attached hydrogen (secondary N) is 2. The summed E-state index contributed by atoms with van der Waals surface area (Å²) in [5.41, 5.74) is 6.32. The first-order valence-electron chi connectivity index (χ1n) is 8.07. The minimum absolute atomic E-state index is 0.0147. The maximum absolute atomic E-state index is 12.3. The summed E-state index contributed by atoms with van der Waals surface area (Å²) < 4.78 is 4.79. The molecule has 0 bridgehead atoms. The highest BCUT2D eigenvalue weighted by atomic mass is 16.5. The van der Waals surface area contributed by atoms with Gasteiger partial charge in [0.1, 0.15) is 12.3 Å². The number of hydrogen-bond acceptors (Lipinski definition) is 6. The van der Waals surface area contributed by atoms with Crippen molar-refractivity contribution in [2.75, 3.05) is 13.2 Å². The second-order valence-corrected chi connectivity index (χ2v) is 6.23. The molecule has 2 amide bonds. The third-order valence-corrected chi connectivity index (χ3v) is 3.15. The molecule has 0 spiro atoms. The van der Waals surface area contributed by atoms with Crippen LogP contribution in [-0.4, -0.2) is 48.2 Å². The predicted octanol–water partition coefficient (Wildman–Crippen LogP) is -0.0238. The van der Waals surface area contributed by atoms with Gasteiger partial charge < -0.3 is 26.2 Å². The van der Waals surface area contributed by atoms with Crippen molar-refractivity contribution in [2.45, 2.75) is 46.2 Å². The number of rotatable bonds is 10. The van der Waals surface area contributed by atoms with Gasteiger partial charge in [0.05, 0.1) is 12.6 Å². The van der Waals surface area contributed by atoms with E-state index in [1.807, 2.05) is 13.8 Å². The van der Waals surface area contributed by atoms with E-state index in [2.05, 4.69) is 17.2 Å². The Bertz CT molecular complexity index is 524. The quantitative estimate of drug-likeness (QED) is 0.247. The van der Waals surface area contributed by atoms with Gasteiger partial charge in [-0.25, -0.2) is 4.79 Å². The van der Waals surface area contributed by atoms with Crippen LogP contribution in [0, 0.1) is 5.92 Å². The molecule has 0 radical (unpaired) electrons. The van der Waals surface area contributed by atoms with Crippen molar-refractivity contribution in [2.24, 2.45) is 11.7 Å². The molecule has 0 aromatic rings. The summed E-state index contributed by atoms with van der Waals surface area (Å²) in [7, 11) is 0. The van der Waals surface area contributed by atoms with Crippen molar-refractivity contribution in [3.05, 3.63) is 23.9 Å². The van der Waals surface area contributed by atoms with E-state index in [9.17, 15) is 19.5 Å². The van der Waals surface area contributed by atoms with Crippen molar-refractivity contribution in [3.63, 3.8) is 0 Å². The van der Waals surface area contributed by atoms with Crippen molar-refractivity contribution in [3.8, 4) is 0 Å². The SMILES string of the molecule is C=CCOC(=O)[C@H](CO)NC(=O)C(NC(=O)[C@@H](N)CC(C)C)=C(C)C. The summed E-state index contributed by atoms with van der Waals surface area (Å²) in [5.74, 6) is -1.77. The first kappa shape index (κ1) is 22.8. The van der Waals surface area contributed by atoms with E-state index in [4.69, 9.17) is 10.5 Å². The molecule has 5 N–H and O–H groups in total. The van der Waals surface area contributed by atoms with Gasteiger partial charge in [0.25, 0.3) is 5.91 Å². The van der Waals surface area contributed by atoms with E-state index >= 15 is 0 Å². The average Bonchev–Trinajstić information content (AvgIpc) is 2.53. The number of carbonyl (C=O) groups is 3. The average molecular weight is 355 g/mol. The van der Waals surface area contributed by atoms with Crippen molar-refractivity contribution in [1.29, 1.82) is 0 Å². The highest BCUT2D eigenvalue weighted by Crippen LogP contribution is 2.06. The largest absolute Gasteiger partial charge is 0.460 e. The van der Waals surface area contributed by atoms with Crippen LogP contribution < -0.4 is 16.4 Å². The standard InChI is InChI=1S/C17H29N3O5/c1-6-7-25-17(24)13(9-21)19-16(23)14(11(4)5)20-15(22)12(18)8-10(2)3/h6,10,12-13,21H,1,7-9,18H2,2-5H3,(H,19,23)(H,20,22)/t12-,13-/m0/s1. The summed E-state index contributed by atoms with van der Waals surface area (Å²) in [6.07, 6.45) is 1.84. The lowest BCUT2D eigenvalue weighted by Gasteiger charge is -2.19. The zero-order chi connectivity index (χ0) is 19.6. The molecule has 0 rings (SSSR count). The predicted molar refractivity (Wildman–Crippen MR) is 94.1 cm³/mol. The van der Waals surface area contributed by atoms with Crippen LogP contribution in [0.2, 0.25) is 0 Å². The Hall–Kier alpha value is -2.19. The number of esters is 1. The summed E-state index contributed by atoms with van der Waals surface area (Å²) >= 11 is 0. The topological polar surface area (TPSA) is 131 Å². The Balaban J connectivity index is 5.01. The number of aliphatic hydroxyl groups is 1. The van der Waals surface area contributed by atoms with Gasteiger partial charge in [-0.3, -0.25) is 9.59 Å². The molecule has 142 valence electrons. The number of allylic oxidation sites excluding steroid dienone is 1. The third-order valence-electron chi connectivity index (χ3n) is 3.15. The van der Waals surface area contributed by atoms with Crippen LogP contribution in [0.25, 0.3) is 0 Å². The van der Waals surface area contributed by atoms with E-state index < -0.39 is 36.5 Å². The first-order valence-corrected chi connectivity index (χ1v) is 8.07. The van der Waals surface area contributed by atoms with Crippen LogP contribution in [0.3, 0.4) is 0 Å². The van der Waals surface area contributed by atoms with Gasteiger partial charge in [0, 0.05) is 0 Å². The lowest BCUT2D eigenvalue weighted by atomic mass is 10.0. The fraction of sp³-hybridized carbons (Fsp3) is 0.588. The van der Waals surface area contributed by atoms with Gasteiger partial charge >= 0.3 is 5.97 Å². The summed E-state index contributed by atoms with van der Waals surface area (Å²) in [5, 5.41) is 14.1. The van der Waals surface area contributed by atoms with Crippen molar-refractivity contribution >= 4 is 17.8 Å². The fourth-order valence-electron chi connectivity index (χ4n) is 1.89. The normalized spacial score (nSPS) is 12.8. The third kappa shape index (κ3) is 8.46. The number of nitrogens with two attached hydrogens (primary N) is 1. The molecule has 8 nitrogen and oxygen atoms in total. The van der Waals surface area contributed by atoms with Crippen LogP contribution in [0.1, 0.15) is 34.1 Å². The fourth-order valence-corrected chi connectivity index (χ4v) is 1.89. The molecule has 0 aliphatic carbocycles. The highest BCUT2D eigenvalue weighted by Gasteiger charge is 2.25. The number of hydrogen-bond donors (Lipinski definition) is 4. The highest BCUT2D eigenvalue weighted by molar-refractivity contribution is 6.00. The maximum Gasteiger partial charge on any atom is 0.331 e. The Labute approximate surface area is 148 Å². The van der Waals surface area contributed by atoms with Crippen molar-refractivity contribution in [1.82, 2.24) is 10.6 Å². The lowest BCUT2D eigenvalue weighted by Crippen LogP contribution is -2.49. The van der Waals surface area contributed by atoms with Crippen LogP contribution in [0.15, 0.2) is 23.9 Å². The molecular weight excluding hydrogens is 326 g/mol. The molecule has 0 aliphatic heterocycles. The number of aliphatic hydroxyl groups excluding tert-OH is 1. The molecule has 0 aromatic carbocycles. The second kappa shape index (κ2) is 11.4. The van der Waals surface area contributed by atoms with Crippen LogP contribution in [-0.2, 0) is 19.1 Å². The smallest absolute Gasteiger partial charge is 0.331 e. The molecule has 0 saturated carbocycles. The summed E-state index contributed by atoms with van der Waals surface area (Å²) in [6.45, 7) is 9.86. The lowest BCUT2D eigenvalue weighted by molar-refractivity contribution is -0.147. The number of ether oxygens (including phenoxy) is 1. The van der Waals surface area contributed by atoms with Crippen LogP contribution in [0.5, 0.6) is 0 Å². The molecule has 0 aliphatic rings. The minimum atomic E-state index is -1.25. The first-order chi connectivity index (χ1) is 11.6. The molecule has 0 fully saturated rings. The molecule has 0 heterocycles. The van der Waals surface area contributed by atoms with Crippen LogP contribution >= 0.6 is 0 Å². The van der Waals surface area contributed by atoms with E-state index in [0.717, 1.165) is 0 Å². The monoisotopic (exact) mass is 355 g/mol. The van der Waals surface area contributed by atoms with Gasteiger partial charge in [0.2, 0.25) is 5.91 Å². The molecule has 25 heavy (non-hydrogen) atoms.